The van der Waals surface area contributed by atoms with Crippen LogP contribution in [0.15, 0.2) is 18.2 Å². The smallest absolute Gasteiger partial charge is 0.229 e. The van der Waals surface area contributed by atoms with Crippen molar-refractivity contribution >= 4 is 16.6 Å². The summed E-state index contributed by atoms with van der Waals surface area (Å²) in [6.07, 6.45) is -3.36. The van der Waals surface area contributed by atoms with Gasteiger partial charge < -0.3 is 39.7 Å². The molecule has 34 heavy (non-hydrogen) atoms. The Morgan fingerprint density at radius 3 is 2.44 bits per heavy atom. The van der Waals surface area contributed by atoms with Crippen LogP contribution in [0.3, 0.4) is 0 Å². The Balaban J connectivity index is 2.02. The minimum Gasteiger partial charge on any atom is -0.506 e. The number of carbonyl (C=O) groups is 1. The van der Waals surface area contributed by atoms with Crippen molar-refractivity contribution in [3.8, 4) is 17.2 Å². The molecular weight excluding hydrogens is 444 g/mol. The molecule has 1 aliphatic heterocycles. The highest BCUT2D eigenvalue weighted by molar-refractivity contribution is 6.08. The summed E-state index contributed by atoms with van der Waals surface area (Å²) < 4.78 is 16.6. The molecule has 0 bridgehead atoms. The highest BCUT2D eigenvalue weighted by Gasteiger charge is 2.45. The molecule has 0 aromatic heterocycles. The third-order valence-corrected chi connectivity index (χ3v) is 6.21. The van der Waals surface area contributed by atoms with Crippen molar-refractivity contribution in [2.75, 3.05) is 13.7 Å². The molecule has 0 amide bonds. The summed E-state index contributed by atoms with van der Waals surface area (Å²) in [5, 5.41) is 51.9. The Morgan fingerprint density at radius 1 is 1.06 bits per heavy atom. The number of methoxy groups -OCH3 is 1. The van der Waals surface area contributed by atoms with Gasteiger partial charge in [-0.1, -0.05) is 32.3 Å². The van der Waals surface area contributed by atoms with E-state index < -0.39 is 37.3 Å². The van der Waals surface area contributed by atoms with Crippen LogP contribution in [-0.4, -0.2) is 75.7 Å². The fraction of sp³-hybridized carbons (Fsp3) is 0.560. The van der Waals surface area contributed by atoms with E-state index in [-0.39, 0.29) is 28.2 Å². The van der Waals surface area contributed by atoms with E-state index in [0.717, 1.165) is 25.7 Å². The zero-order chi connectivity index (χ0) is 25.0. The van der Waals surface area contributed by atoms with Crippen LogP contribution in [0.4, 0.5) is 0 Å². The first-order valence-electron chi connectivity index (χ1n) is 11.6. The summed E-state index contributed by atoms with van der Waals surface area (Å²) in [6.45, 7) is 3.23. The fourth-order valence-electron chi connectivity index (χ4n) is 4.29. The SMILES string of the molecule is CCCCCCC(=O)c1c(C)cc2cc(OC)cc(OC3OC(CO)C(O)C(O)C3O)c2c1O. The predicted molar refractivity (Wildman–Crippen MR) is 124 cm³/mol. The van der Waals surface area contributed by atoms with Gasteiger partial charge in [0.1, 0.15) is 41.7 Å². The van der Waals surface area contributed by atoms with Crippen molar-refractivity contribution in [1.82, 2.24) is 0 Å². The Bertz CT molecular complexity index is 1000. The second-order valence-electron chi connectivity index (χ2n) is 8.69. The monoisotopic (exact) mass is 478 g/mol. The van der Waals surface area contributed by atoms with Crippen molar-refractivity contribution in [3.63, 3.8) is 0 Å². The van der Waals surface area contributed by atoms with Crippen molar-refractivity contribution < 1.29 is 44.5 Å². The Morgan fingerprint density at radius 2 is 1.79 bits per heavy atom. The maximum Gasteiger partial charge on any atom is 0.229 e. The summed E-state index contributed by atoms with van der Waals surface area (Å²) >= 11 is 0. The van der Waals surface area contributed by atoms with Crippen LogP contribution in [0.1, 0.15) is 54.9 Å². The highest BCUT2D eigenvalue weighted by atomic mass is 16.7. The summed E-state index contributed by atoms with van der Waals surface area (Å²) in [5.41, 5.74) is 0.811. The molecule has 2 aromatic carbocycles. The zero-order valence-electron chi connectivity index (χ0n) is 19.7. The third-order valence-electron chi connectivity index (χ3n) is 6.21. The number of unbranched alkanes of at least 4 members (excludes halogenated alkanes) is 3. The number of hydrogen-bond donors (Lipinski definition) is 5. The molecule has 5 atom stereocenters. The number of ether oxygens (including phenoxy) is 3. The van der Waals surface area contributed by atoms with Crippen molar-refractivity contribution in [2.45, 2.75) is 76.7 Å². The normalized spacial score (nSPS) is 24.9. The lowest BCUT2D eigenvalue weighted by molar-refractivity contribution is -0.277. The second-order valence-corrected chi connectivity index (χ2v) is 8.69. The van der Waals surface area contributed by atoms with Crippen LogP contribution < -0.4 is 9.47 Å². The van der Waals surface area contributed by atoms with Gasteiger partial charge in [-0.2, -0.15) is 0 Å². The average molecular weight is 479 g/mol. The summed E-state index contributed by atoms with van der Waals surface area (Å²) in [7, 11) is 1.46. The fourth-order valence-corrected chi connectivity index (χ4v) is 4.29. The van der Waals surface area contributed by atoms with Crippen LogP contribution in [0.25, 0.3) is 10.8 Å². The molecule has 3 rings (SSSR count). The van der Waals surface area contributed by atoms with Gasteiger partial charge in [0.2, 0.25) is 6.29 Å². The largest absolute Gasteiger partial charge is 0.506 e. The van der Waals surface area contributed by atoms with E-state index in [4.69, 9.17) is 14.2 Å². The average Bonchev–Trinajstić information content (AvgIpc) is 2.81. The predicted octanol–water partition coefficient (Wildman–Crippen LogP) is 2.19. The van der Waals surface area contributed by atoms with E-state index in [2.05, 4.69) is 6.92 Å². The minimum atomic E-state index is -1.63. The van der Waals surface area contributed by atoms with E-state index in [1.54, 1.807) is 19.1 Å². The number of Topliss-reactive ketones (excluding diaryl/α,β-unsaturated/α-hetero) is 1. The number of aryl methyl sites for hydroxylation is 1. The molecular formula is C25H34O9. The van der Waals surface area contributed by atoms with Crippen LogP contribution in [0.2, 0.25) is 0 Å². The molecule has 0 saturated carbocycles. The molecule has 0 aliphatic carbocycles. The number of aromatic hydroxyl groups is 1. The second kappa shape index (κ2) is 11.3. The molecule has 0 radical (unpaired) electrons. The van der Waals surface area contributed by atoms with E-state index in [1.807, 2.05) is 0 Å². The van der Waals surface area contributed by atoms with E-state index in [1.165, 1.54) is 13.2 Å². The number of ketones is 1. The molecule has 188 valence electrons. The standard InChI is InChI=1S/C25H34O9/c1-4-5-6-7-8-16(27)19-13(2)9-14-10-15(32-3)11-17(20(14)22(19)29)33-25-24(31)23(30)21(28)18(12-26)34-25/h9-11,18,21,23-26,28-31H,4-8,12H2,1-3H3. The lowest BCUT2D eigenvalue weighted by atomic mass is 9.94. The van der Waals surface area contributed by atoms with Gasteiger partial charge in [-0.3, -0.25) is 4.79 Å². The first-order valence-corrected chi connectivity index (χ1v) is 11.6. The van der Waals surface area contributed by atoms with Crippen molar-refractivity contribution in [2.24, 2.45) is 0 Å². The highest BCUT2D eigenvalue weighted by Crippen LogP contribution is 2.42. The van der Waals surface area contributed by atoms with E-state index in [0.29, 0.717) is 23.1 Å². The summed E-state index contributed by atoms with van der Waals surface area (Å²) in [4.78, 5) is 13.0. The number of benzene rings is 2. The van der Waals surface area contributed by atoms with Gasteiger partial charge in [0.05, 0.1) is 24.7 Å². The molecule has 5 unspecified atom stereocenters. The van der Waals surface area contributed by atoms with E-state index in [9.17, 15) is 30.3 Å². The molecule has 2 aromatic rings. The topological polar surface area (TPSA) is 146 Å². The number of fused-ring (bicyclic) bond motifs is 1. The molecule has 1 heterocycles. The Kier molecular flexibility index (Phi) is 8.72. The number of carbonyl (C=O) groups excluding carboxylic acids is 1. The number of rotatable bonds is 10. The maximum atomic E-state index is 13.0. The first-order chi connectivity index (χ1) is 16.2. The van der Waals surface area contributed by atoms with E-state index >= 15 is 0 Å². The van der Waals surface area contributed by atoms with Gasteiger partial charge in [-0.05, 0) is 30.4 Å². The van der Waals surface area contributed by atoms with Crippen LogP contribution in [0.5, 0.6) is 17.2 Å². The lowest BCUT2D eigenvalue weighted by Gasteiger charge is -2.39. The molecule has 1 aliphatic rings. The molecule has 0 spiro atoms. The molecule has 1 saturated heterocycles. The van der Waals surface area contributed by atoms with Gasteiger partial charge in [0.25, 0.3) is 0 Å². The molecule has 9 nitrogen and oxygen atoms in total. The van der Waals surface area contributed by atoms with Gasteiger partial charge in [-0.15, -0.1) is 0 Å². The number of aliphatic hydroxyl groups is 4. The molecule has 9 heteroatoms. The minimum absolute atomic E-state index is 0.0520. The Hall–Kier alpha value is -2.43. The van der Waals surface area contributed by atoms with Gasteiger partial charge in [0.15, 0.2) is 5.78 Å². The van der Waals surface area contributed by atoms with Gasteiger partial charge in [0, 0.05) is 12.5 Å². The third kappa shape index (κ3) is 5.29. The number of phenols is 1. The first kappa shape index (κ1) is 26.2. The zero-order valence-corrected chi connectivity index (χ0v) is 19.7. The number of hydrogen-bond acceptors (Lipinski definition) is 9. The van der Waals surface area contributed by atoms with Crippen molar-refractivity contribution in [1.29, 1.82) is 0 Å². The summed E-state index contributed by atoms with van der Waals surface area (Å²) in [6, 6.07) is 4.89. The maximum absolute atomic E-state index is 13.0. The lowest BCUT2D eigenvalue weighted by Crippen LogP contribution is -2.60. The Labute approximate surface area is 198 Å². The molecule has 1 fully saturated rings. The molecule has 5 N–H and O–H groups in total. The van der Waals surface area contributed by atoms with Crippen LogP contribution in [-0.2, 0) is 4.74 Å². The van der Waals surface area contributed by atoms with Gasteiger partial charge in [-0.25, -0.2) is 0 Å². The number of phenolic OH excluding ortho intramolecular Hbond substituents is 1. The number of aliphatic hydroxyl groups excluding tert-OH is 4. The van der Waals surface area contributed by atoms with Crippen LogP contribution in [0, 0.1) is 6.92 Å². The quantitative estimate of drug-likeness (QED) is 0.256. The summed E-state index contributed by atoms with van der Waals surface area (Å²) in [5.74, 6) is 0.0149. The van der Waals surface area contributed by atoms with Crippen LogP contribution >= 0.6 is 0 Å². The van der Waals surface area contributed by atoms with Crippen molar-refractivity contribution in [3.05, 3.63) is 29.3 Å². The van der Waals surface area contributed by atoms with Gasteiger partial charge >= 0.3 is 0 Å².